The molecular weight excluding hydrogens is 416 g/mol. The number of amides is 1. The minimum Gasteiger partial charge on any atom is -0.495 e. The van der Waals surface area contributed by atoms with E-state index in [1.807, 2.05) is 0 Å². The molecule has 0 saturated heterocycles. The second kappa shape index (κ2) is 8.78. The molecular formula is C18H18F4N2O4S. The number of benzene rings is 2. The van der Waals surface area contributed by atoms with Crippen molar-refractivity contribution in [3.8, 4) is 5.75 Å². The summed E-state index contributed by atoms with van der Waals surface area (Å²) >= 11 is 0. The van der Waals surface area contributed by atoms with Gasteiger partial charge in [-0.05, 0) is 42.5 Å². The summed E-state index contributed by atoms with van der Waals surface area (Å²) in [6.07, 6.45) is -4.51. The molecule has 0 heterocycles. The predicted octanol–water partition coefficient (Wildman–Crippen LogP) is 3.50. The van der Waals surface area contributed by atoms with Crippen LogP contribution in [0.25, 0.3) is 0 Å². The molecule has 0 fully saturated rings. The van der Waals surface area contributed by atoms with Gasteiger partial charge < -0.3 is 10.1 Å². The van der Waals surface area contributed by atoms with Crippen LogP contribution < -0.4 is 10.1 Å². The zero-order valence-electron chi connectivity index (χ0n) is 15.5. The van der Waals surface area contributed by atoms with Crippen molar-refractivity contribution in [3.05, 3.63) is 53.8 Å². The van der Waals surface area contributed by atoms with Crippen molar-refractivity contribution in [1.29, 1.82) is 0 Å². The van der Waals surface area contributed by atoms with Gasteiger partial charge in [0.25, 0.3) is 0 Å². The fraction of sp³-hybridized carbons (Fsp3) is 0.278. The number of hydrogen-bond donors (Lipinski definition) is 1. The Morgan fingerprint density at radius 3 is 2.28 bits per heavy atom. The number of likely N-dealkylation sites (N-methyl/N-ethyl adjacent to an activating group) is 1. The number of rotatable bonds is 7. The maximum Gasteiger partial charge on any atom is 0.416 e. The Balaban J connectivity index is 2.18. The molecule has 0 spiro atoms. The van der Waals surface area contributed by atoms with Gasteiger partial charge in [0.1, 0.15) is 16.5 Å². The Bertz CT molecular complexity index is 976. The Hall–Kier alpha value is -2.66. The van der Waals surface area contributed by atoms with Gasteiger partial charge in [0.15, 0.2) is 0 Å². The van der Waals surface area contributed by atoms with E-state index >= 15 is 0 Å². The molecule has 0 aliphatic carbocycles. The van der Waals surface area contributed by atoms with Gasteiger partial charge in [-0.15, -0.1) is 0 Å². The normalized spacial score (nSPS) is 12.1. The number of anilines is 1. The van der Waals surface area contributed by atoms with Crippen molar-refractivity contribution in [1.82, 2.24) is 4.31 Å². The standard InChI is InChI=1S/C18H18F4N2O4S/c1-3-24(29(26,27)16-10-13(19)6-9-15(16)28-2)11-17(25)23-14-7-4-12(5-8-14)18(20,21)22/h4-10H,3,11H2,1-2H3,(H,23,25). The van der Waals surface area contributed by atoms with Crippen LogP contribution >= 0.6 is 0 Å². The van der Waals surface area contributed by atoms with Crippen molar-refractivity contribution < 1.29 is 35.5 Å². The maximum atomic E-state index is 13.5. The highest BCUT2D eigenvalue weighted by molar-refractivity contribution is 7.89. The zero-order chi connectivity index (χ0) is 21.8. The van der Waals surface area contributed by atoms with Crippen LogP contribution in [0.4, 0.5) is 23.2 Å². The highest BCUT2D eigenvalue weighted by Gasteiger charge is 2.31. The lowest BCUT2D eigenvalue weighted by molar-refractivity contribution is -0.137. The largest absolute Gasteiger partial charge is 0.495 e. The molecule has 2 aromatic carbocycles. The molecule has 0 aliphatic heterocycles. The Morgan fingerprint density at radius 1 is 1.14 bits per heavy atom. The van der Waals surface area contributed by atoms with E-state index in [0.717, 1.165) is 46.8 Å². The molecule has 158 valence electrons. The summed E-state index contributed by atoms with van der Waals surface area (Å²) in [6, 6.07) is 6.67. The summed E-state index contributed by atoms with van der Waals surface area (Å²) in [5.74, 6) is -1.66. The van der Waals surface area contributed by atoms with Crippen LogP contribution in [0.1, 0.15) is 12.5 Å². The molecule has 0 radical (unpaired) electrons. The number of sulfonamides is 1. The smallest absolute Gasteiger partial charge is 0.416 e. The maximum absolute atomic E-state index is 13.5. The number of carbonyl (C=O) groups excluding carboxylic acids is 1. The van der Waals surface area contributed by atoms with Crippen LogP contribution in [-0.2, 0) is 21.0 Å². The third kappa shape index (κ3) is 5.45. The quantitative estimate of drug-likeness (QED) is 0.677. The van der Waals surface area contributed by atoms with E-state index in [1.54, 1.807) is 0 Å². The highest BCUT2D eigenvalue weighted by Crippen LogP contribution is 2.30. The van der Waals surface area contributed by atoms with E-state index < -0.39 is 44.9 Å². The van der Waals surface area contributed by atoms with Crippen LogP contribution in [0.3, 0.4) is 0 Å². The fourth-order valence-corrected chi connectivity index (χ4v) is 4.03. The van der Waals surface area contributed by atoms with E-state index in [0.29, 0.717) is 0 Å². The second-order valence-corrected chi connectivity index (χ2v) is 7.76. The number of halogens is 4. The molecule has 0 aliphatic rings. The SMILES string of the molecule is CCN(CC(=O)Nc1ccc(C(F)(F)F)cc1)S(=O)(=O)c1cc(F)ccc1OC. The monoisotopic (exact) mass is 434 g/mol. The average Bonchev–Trinajstić information content (AvgIpc) is 2.65. The summed E-state index contributed by atoms with van der Waals surface area (Å²) in [4.78, 5) is 11.8. The summed E-state index contributed by atoms with van der Waals surface area (Å²) in [6.45, 7) is 0.747. The van der Waals surface area contributed by atoms with E-state index in [9.17, 15) is 30.8 Å². The van der Waals surface area contributed by atoms with Crippen LogP contribution in [-0.4, -0.2) is 38.8 Å². The molecule has 6 nitrogen and oxygen atoms in total. The number of hydrogen-bond acceptors (Lipinski definition) is 4. The molecule has 0 saturated carbocycles. The highest BCUT2D eigenvalue weighted by atomic mass is 32.2. The Labute approximate surface area is 165 Å². The third-order valence-electron chi connectivity index (χ3n) is 3.91. The van der Waals surface area contributed by atoms with Crippen LogP contribution in [0, 0.1) is 5.82 Å². The minimum atomic E-state index is -4.51. The van der Waals surface area contributed by atoms with Gasteiger partial charge in [-0.3, -0.25) is 4.79 Å². The molecule has 0 atom stereocenters. The minimum absolute atomic E-state index is 0.0692. The first kappa shape index (κ1) is 22.6. The molecule has 2 rings (SSSR count). The van der Waals surface area contributed by atoms with Gasteiger partial charge in [0, 0.05) is 12.2 Å². The van der Waals surface area contributed by atoms with Crippen molar-refractivity contribution in [2.75, 3.05) is 25.5 Å². The van der Waals surface area contributed by atoms with Gasteiger partial charge in [-0.2, -0.15) is 17.5 Å². The number of nitrogens with zero attached hydrogens (tertiary/aromatic N) is 1. The molecule has 1 amide bonds. The summed E-state index contributed by atoms with van der Waals surface area (Å²) in [5, 5.41) is 2.33. The summed E-state index contributed by atoms with van der Waals surface area (Å²) < 4.78 is 82.7. The fourth-order valence-electron chi connectivity index (χ4n) is 2.46. The number of methoxy groups -OCH3 is 1. The van der Waals surface area contributed by atoms with E-state index in [4.69, 9.17) is 4.74 Å². The molecule has 11 heteroatoms. The third-order valence-corrected chi connectivity index (χ3v) is 5.85. The van der Waals surface area contributed by atoms with Gasteiger partial charge in [0.2, 0.25) is 15.9 Å². The molecule has 0 aromatic heterocycles. The lowest BCUT2D eigenvalue weighted by atomic mass is 10.2. The number of carbonyl (C=O) groups is 1. The zero-order valence-corrected chi connectivity index (χ0v) is 16.3. The molecule has 29 heavy (non-hydrogen) atoms. The lowest BCUT2D eigenvalue weighted by Gasteiger charge is -2.21. The van der Waals surface area contributed by atoms with Gasteiger partial charge >= 0.3 is 6.18 Å². The van der Waals surface area contributed by atoms with Gasteiger partial charge in [-0.25, -0.2) is 12.8 Å². The second-order valence-electron chi connectivity index (χ2n) is 5.85. The van der Waals surface area contributed by atoms with E-state index in [-0.39, 0.29) is 18.0 Å². The molecule has 2 aromatic rings. The summed E-state index contributed by atoms with van der Waals surface area (Å²) in [7, 11) is -3.05. The number of ether oxygens (including phenoxy) is 1. The molecule has 1 N–H and O–H groups in total. The van der Waals surface area contributed by atoms with Gasteiger partial charge in [-0.1, -0.05) is 6.92 Å². The number of nitrogens with one attached hydrogen (secondary N) is 1. The van der Waals surface area contributed by atoms with Crippen LogP contribution in [0.15, 0.2) is 47.4 Å². The first-order chi connectivity index (χ1) is 13.5. The van der Waals surface area contributed by atoms with Crippen LogP contribution in [0.2, 0.25) is 0 Å². The van der Waals surface area contributed by atoms with Crippen molar-refractivity contribution >= 4 is 21.6 Å². The van der Waals surface area contributed by atoms with E-state index in [2.05, 4.69) is 5.32 Å². The topological polar surface area (TPSA) is 75.7 Å². The van der Waals surface area contributed by atoms with Crippen LogP contribution in [0.5, 0.6) is 5.75 Å². The lowest BCUT2D eigenvalue weighted by Crippen LogP contribution is -2.38. The average molecular weight is 434 g/mol. The van der Waals surface area contributed by atoms with Gasteiger partial charge in [0.05, 0.1) is 19.2 Å². The number of alkyl halides is 3. The molecule has 0 unspecified atom stereocenters. The van der Waals surface area contributed by atoms with E-state index in [1.165, 1.54) is 14.0 Å². The Kier molecular flexibility index (Phi) is 6.85. The van der Waals surface area contributed by atoms with Crippen molar-refractivity contribution in [2.24, 2.45) is 0 Å². The molecule has 0 bridgehead atoms. The summed E-state index contributed by atoms with van der Waals surface area (Å²) in [5.41, 5.74) is -0.814. The first-order valence-corrected chi connectivity index (χ1v) is 9.74. The first-order valence-electron chi connectivity index (χ1n) is 8.29. The Morgan fingerprint density at radius 2 is 1.76 bits per heavy atom. The van der Waals surface area contributed by atoms with Crippen molar-refractivity contribution in [2.45, 2.75) is 18.0 Å². The predicted molar refractivity (Wildman–Crippen MR) is 97.5 cm³/mol. The van der Waals surface area contributed by atoms with Crippen molar-refractivity contribution in [3.63, 3.8) is 0 Å².